The first-order valence-corrected chi connectivity index (χ1v) is 10.3. The number of hydrogen-bond acceptors (Lipinski definition) is 3. The molecule has 2 fully saturated rings. The van der Waals surface area contributed by atoms with Crippen molar-refractivity contribution >= 4 is 17.8 Å². The fraction of sp³-hybridized carbons (Fsp3) is 0.591. The Morgan fingerprint density at radius 2 is 1.86 bits per heavy atom. The zero-order valence-electron chi connectivity index (χ0n) is 17.1. The number of aryl methyl sites for hydroxylation is 1. The van der Waals surface area contributed by atoms with Crippen LogP contribution in [-0.2, 0) is 9.59 Å². The van der Waals surface area contributed by atoms with Crippen molar-refractivity contribution in [3.63, 3.8) is 0 Å². The lowest BCUT2D eigenvalue weighted by Gasteiger charge is -2.34. The predicted molar refractivity (Wildman–Crippen MR) is 108 cm³/mol. The summed E-state index contributed by atoms with van der Waals surface area (Å²) >= 11 is 0. The van der Waals surface area contributed by atoms with E-state index in [1.54, 1.807) is 0 Å². The molecule has 1 aliphatic carbocycles. The SMILES string of the molecule is CC[C@@H](NC(=O)CN1C(=O)N[C@](C)(C2CCCCC2)C1=O)c1ccc(C)cc1. The van der Waals surface area contributed by atoms with Crippen molar-refractivity contribution in [2.75, 3.05) is 6.54 Å². The normalized spacial score (nSPS) is 24.2. The molecule has 1 aliphatic heterocycles. The van der Waals surface area contributed by atoms with Crippen molar-refractivity contribution in [2.45, 2.75) is 70.9 Å². The Hall–Kier alpha value is -2.37. The van der Waals surface area contributed by atoms with E-state index in [1.807, 2.05) is 45.0 Å². The molecule has 2 aliphatic rings. The molecule has 2 atom stereocenters. The van der Waals surface area contributed by atoms with Crippen LogP contribution in [0.15, 0.2) is 24.3 Å². The van der Waals surface area contributed by atoms with Crippen LogP contribution >= 0.6 is 0 Å². The Kier molecular flexibility index (Phi) is 6.06. The molecule has 28 heavy (non-hydrogen) atoms. The van der Waals surface area contributed by atoms with E-state index in [0.29, 0.717) is 0 Å². The molecule has 152 valence electrons. The van der Waals surface area contributed by atoms with Crippen LogP contribution in [0, 0.1) is 12.8 Å². The van der Waals surface area contributed by atoms with Gasteiger partial charge >= 0.3 is 6.03 Å². The van der Waals surface area contributed by atoms with E-state index >= 15 is 0 Å². The maximum atomic E-state index is 13.0. The third kappa shape index (κ3) is 4.05. The maximum Gasteiger partial charge on any atom is 0.325 e. The second-order valence-corrected chi connectivity index (χ2v) is 8.30. The minimum atomic E-state index is -0.890. The number of hydrogen-bond donors (Lipinski definition) is 2. The number of benzene rings is 1. The molecular formula is C22H31N3O3. The first-order chi connectivity index (χ1) is 13.3. The van der Waals surface area contributed by atoms with Gasteiger partial charge in [-0.05, 0) is 44.6 Å². The quantitative estimate of drug-likeness (QED) is 0.736. The van der Waals surface area contributed by atoms with Gasteiger partial charge in [0, 0.05) is 0 Å². The zero-order chi connectivity index (χ0) is 20.3. The molecule has 0 bridgehead atoms. The van der Waals surface area contributed by atoms with Crippen LogP contribution in [0.5, 0.6) is 0 Å². The topological polar surface area (TPSA) is 78.5 Å². The highest BCUT2D eigenvalue weighted by Crippen LogP contribution is 2.36. The van der Waals surface area contributed by atoms with Crippen molar-refractivity contribution in [1.82, 2.24) is 15.5 Å². The van der Waals surface area contributed by atoms with E-state index in [0.717, 1.165) is 48.1 Å². The third-order valence-corrected chi connectivity index (χ3v) is 6.25. The van der Waals surface area contributed by atoms with Gasteiger partial charge in [-0.25, -0.2) is 4.79 Å². The number of imide groups is 1. The Bertz CT molecular complexity index is 740. The van der Waals surface area contributed by atoms with Crippen LogP contribution in [0.2, 0.25) is 0 Å². The van der Waals surface area contributed by atoms with Crippen LogP contribution in [0.4, 0.5) is 4.79 Å². The monoisotopic (exact) mass is 385 g/mol. The Morgan fingerprint density at radius 3 is 2.46 bits per heavy atom. The van der Waals surface area contributed by atoms with Crippen LogP contribution < -0.4 is 10.6 Å². The molecule has 6 heteroatoms. The van der Waals surface area contributed by atoms with Crippen LogP contribution in [0.25, 0.3) is 0 Å². The molecule has 1 aromatic carbocycles. The number of carbonyl (C=O) groups is 3. The van der Waals surface area contributed by atoms with Crippen molar-refractivity contribution in [1.29, 1.82) is 0 Å². The Morgan fingerprint density at radius 1 is 1.21 bits per heavy atom. The van der Waals surface area contributed by atoms with Gasteiger partial charge in [0.1, 0.15) is 12.1 Å². The minimum Gasteiger partial charge on any atom is -0.348 e. The highest BCUT2D eigenvalue weighted by molar-refractivity contribution is 6.09. The molecule has 4 amide bonds. The summed E-state index contributed by atoms with van der Waals surface area (Å²) in [6, 6.07) is 7.42. The van der Waals surface area contributed by atoms with E-state index in [-0.39, 0.29) is 30.3 Å². The summed E-state index contributed by atoms with van der Waals surface area (Å²) in [6.07, 6.45) is 5.95. The first-order valence-electron chi connectivity index (χ1n) is 10.3. The van der Waals surface area contributed by atoms with Crippen molar-refractivity contribution < 1.29 is 14.4 Å². The van der Waals surface area contributed by atoms with E-state index < -0.39 is 11.6 Å². The smallest absolute Gasteiger partial charge is 0.325 e. The zero-order valence-corrected chi connectivity index (χ0v) is 17.1. The van der Waals surface area contributed by atoms with E-state index in [4.69, 9.17) is 0 Å². The largest absolute Gasteiger partial charge is 0.348 e. The van der Waals surface area contributed by atoms with E-state index in [2.05, 4.69) is 10.6 Å². The number of carbonyl (C=O) groups excluding carboxylic acids is 3. The number of amides is 4. The maximum absolute atomic E-state index is 13.0. The molecule has 1 saturated heterocycles. The Balaban J connectivity index is 1.65. The lowest BCUT2D eigenvalue weighted by atomic mass is 9.75. The molecule has 1 saturated carbocycles. The molecule has 0 spiro atoms. The fourth-order valence-corrected chi connectivity index (χ4v) is 4.42. The van der Waals surface area contributed by atoms with E-state index in [1.165, 1.54) is 6.42 Å². The average molecular weight is 386 g/mol. The third-order valence-electron chi connectivity index (χ3n) is 6.25. The number of nitrogens with one attached hydrogen (secondary N) is 2. The number of nitrogens with zero attached hydrogens (tertiary/aromatic N) is 1. The molecule has 0 unspecified atom stereocenters. The van der Waals surface area contributed by atoms with Gasteiger partial charge < -0.3 is 10.6 Å². The number of rotatable bonds is 6. The van der Waals surface area contributed by atoms with Gasteiger partial charge in [0.25, 0.3) is 5.91 Å². The molecule has 0 radical (unpaired) electrons. The average Bonchev–Trinajstić information content (AvgIpc) is 2.91. The lowest BCUT2D eigenvalue weighted by molar-refractivity contribution is -0.136. The highest BCUT2D eigenvalue weighted by atomic mass is 16.2. The molecule has 2 N–H and O–H groups in total. The fourth-order valence-electron chi connectivity index (χ4n) is 4.42. The van der Waals surface area contributed by atoms with Gasteiger partial charge in [-0.2, -0.15) is 0 Å². The van der Waals surface area contributed by atoms with Crippen molar-refractivity contribution in [3.8, 4) is 0 Å². The van der Waals surface area contributed by atoms with Gasteiger partial charge in [0.15, 0.2) is 0 Å². The van der Waals surface area contributed by atoms with Crippen LogP contribution in [-0.4, -0.2) is 34.8 Å². The van der Waals surface area contributed by atoms with Gasteiger partial charge in [-0.1, -0.05) is 56.0 Å². The van der Waals surface area contributed by atoms with Gasteiger partial charge in [-0.15, -0.1) is 0 Å². The summed E-state index contributed by atoms with van der Waals surface area (Å²) in [7, 11) is 0. The second-order valence-electron chi connectivity index (χ2n) is 8.30. The molecule has 0 aromatic heterocycles. The van der Waals surface area contributed by atoms with Crippen molar-refractivity contribution in [3.05, 3.63) is 35.4 Å². The van der Waals surface area contributed by atoms with Gasteiger partial charge in [0.05, 0.1) is 6.04 Å². The summed E-state index contributed by atoms with van der Waals surface area (Å²) in [5, 5.41) is 5.83. The minimum absolute atomic E-state index is 0.140. The summed E-state index contributed by atoms with van der Waals surface area (Å²) in [5.74, 6) is -0.450. The van der Waals surface area contributed by atoms with E-state index in [9.17, 15) is 14.4 Å². The predicted octanol–water partition coefficient (Wildman–Crippen LogP) is 3.45. The molecule has 1 heterocycles. The summed E-state index contributed by atoms with van der Waals surface area (Å²) in [4.78, 5) is 39.1. The van der Waals surface area contributed by atoms with Gasteiger partial charge in [-0.3, -0.25) is 14.5 Å². The summed E-state index contributed by atoms with van der Waals surface area (Å²) in [6.45, 7) is 5.58. The highest BCUT2D eigenvalue weighted by Gasteiger charge is 2.52. The van der Waals surface area contributed by atoms with Crippen LogP contribution in [0.3, 0.4) is 0 Å². The Labute approximate surface area is 167 Å². The molecular weight excluding hydrogens is 354 g/mol. The lowest BCUT2D eigenvalue weighted by Crippen LogP contribution is -2.51. The molecule has 6 nitrogen and oxygen atoms in total. The second kappa shape index (κ2) is 8.33. The molecule has 1 aromatic rings. The standard InChI is InChI=1S/C22H31N3O3/c1-4-18(16-12-10-15(2)11-13-16)23-19(26)14-25-20(27)22(3,24-21(25)28)17-8-6-5-7-9-17/h10-13,17-18H,4-9,14H2,1-3H3,(H,23,26)(H,24,28)/t18-,22-/m1/s1. The summed E-state index contributed by atoms with van der Waals surface area (Å²) < 4.78 is 0. The first kappa shape index (κ1) is 20.4. The van der Waals surface area contributed by atoms with Crippen LogP contribution in [0.1, 0.15) is 69.5 Å². The molecule has 3 rings (SSSR count). The van der Waals surface area contributed by atoms with Gasteiger partial charge in [0.2, 0.25) is 5.91 Å². The number of urea groups is 1. The van der Waals surface area contributed by atoms with Crippen molar-refractivity contribution in [2.24, 2.45) is 5.92 Å². The summed E-state index contributed by atoms with van der Waals surface area (Å²) in [5.41, 5.74) is 1.29.